The average Bonchev–Trinajstić information content (AvgIpc) is 3.59. The Kier molecular flexibility index (Phi) is 4.61. The average molecular weight is 433 g/mol. The van der Waals surface area contributed by atoms with Gasteiger partial charge in [0.15, 0.2) is 5.82 Å². The van der Waals surface area contributed by atoms with Crippen LogP contribution in [0.15, 0.2) is 79.1 Å². The quantitative estimate of drug-likeness (QED) is 0.437. The number of amides is 1. The van der Waals surface area contributed by atoms with E-state index in [1.54, 1.807) is 12.4 Å². The highest BCUT2D eigenvalue weighted by Crippen LogP contribution is 2.37. The first kappa shape index (κ1) is 19.2. The van der Waals surface area contributed by atoms with Gasteiger partial charge in [0.2, 0.25) is 0 Å². The van der Waals surface area contributed by atoms with Crippen LogP contribution in [0.1, 0.15) is 29.2 Å². The summed E-state index contributed by atoms with van der Waals surface area (Å²) in [5.74, 6) is 0.505. The molecule has 1 saturated carbocycles. The molecule has 5 aromatic rings. The third-order valence-electron chi connectivity index (χ3n) is 5.70. The number of tetrazole rings is 1. The first-order valence-corrected chi connectivity index (χ1v) is 10.8. The van der Waals surface area contributed by atoms with E-state index in [0.29, 0.717) is 23.1 Å². The molecule has 1 fully saturated rings. The summed E-state index contributed by atoms with van der Waals surface area (Å²) >= 11 is 0. The minimum Gasteiger partial charge on any atom is -0.322 e. The van der Waals surface area contributed by atoms with Crippen LogP contribution in [0, 0.1) is 0 Å². The van der Waals surface area contributed by atoms with Crippen molar-refractivity contribution in [2.24, 2.45) is 0 Å². The standard InChI is InChI=1S/C25H19N7O/c33-25(27-18-5-3-4-17(14-18)24-29-30-31-32(24)19-8-9-19)21-15-23(16-10-12-26-13-11-16)28-22-7-2-1-6-20(21)22/h1-7,10-15,19H,8-9H2,(H,27,33). The van der Waals surface area contributed by atoms with E-state index in [1.165, 1.54) is 0 Å². The molecule has 3 heterocycles. The van der Waals surface area contributed by atoms with Crippen LogP contribution in [-0.2, 0) is 0 Å². The second kappa shape index (κ2) is 7.90. The smallest absolute Gasteiger partial charge is 0.256 e. The molecule has 1 aliphatic rings. The zero-order chi connectivity index (χ0) is 22.2. The van der Waals surface area contributed by atoms with Crippen molar-refractivity contribution in [3.8, 4) is 22.6 Å². The molecule has 0 radical (unpaired) electrons. The lowest BCUT2D eigenvalue weighted by molar-refractivity contribution is 0.102. The largest absolute Gasteiger partial charge is 0.322 e. The summed E-state index contributed by atoms with van der Waals surface area (Å²) in [6.45, 7) is 0. The third kappa shape index (κ3) is 3.71. The molecular formula is C25H19N7O. The van der Waals surface area contributed by atoms with Crippen molar-refractivity contribution in [3.63, 3.8) is 0 Å². The van der Waals surface area contributed by atoms with Crippen molar-refractivity contribution in [1.29, 1.82) is 0 Å². The highest BCUT2D eigenvalue weighted by molar-refractivity contribution is 6.13. The van der Waals surface area contributed by atoms with Gasteiger partial charge >= 0.3 is 0 Å². The Morgan fingerprint density at radius 3 is 2.64 bits per heavy atom. The summed E-state index contributed by atoms with van der Waals surface area (Å²) in [5, 5.41) is 16.0. The molecule has 0 aliphatic heterocycles. The molecule has 3 aromatic heterocycles. The fourth-order valence-corrected chi connectivity index (χ4v) is 3.92. The number of hydrogen-bond donors (Lipinski definition) is 1. The number of para-hydroxylation sites is 1. The Hall–Kier alpha value is -4.46. The topological polar surface area (TPSA) is 98.5 Å². The van der Waals surface area contributed by atoms with E-state index in [1.807, 2.05) is 71.4 Å². The lowest BCUT2D eigenvalue weighted by Crippen LogP contribution is -2.13. The summed E-state index contributed by atoms with van der Waals surface area (Å²) in [6, 6.07) is 21.2. The van der Waals surface area contributed by atoms with Crippen LogP contribution in [0.2, 0.25) is 0 Å². The van der Waals surface area contributed by atoms with Crippen molar-refractivity contribution in [1.82, 2.24) is 30.2 Å². The molecule has 8 heteroatoms. The Bertz CT molecular complexity index is 1470. The minimum absolute atomic E-state index is 0.206. The summed E-state index contributed by atoms with van der Waals surface area (Å²) in [5.41, 5.74) is 4.48. The molecule has 0 saturated heterocycles. The predicted octanol–water partition coefficient (Wildman–Crippen LogP) is 4.54. The lowest BCUT2D eigenvalue weighted by Gasteiger charge is -2.11. The third-order valence-corrected chi connectivity index (χ3v) is 5.70. The van der Waals surface area contributed by atoms with Gasteiger partial charge in [0.25, 0.3) is 5.91 Å². The maximum Gasteiger partial charge on any atom is 0.256 e. The fourth-order valence-electron chi connectivity index (χ4n) is 3.92. The zero-order valence-corrected chi connectivity index (χ0v) is 17.6. The lowest BCUT2D eigenvalue weighted by atomic mass is 10.0. The number of benzene rings is 2. The molecule has 0 unspecified atom stereocenters. The fraction of sp³-hybridized carbons (Fsp3) is 0.120. The van der Waals surface area contributed by atoms with Gasteiger partial charge in [-0.05, 0) is 59.7 Å². The first-order valence-electron chi connectivity index (χ1n) is 10.8. The van der Waals surface area contributed by atoms with Crippen LogP contribution < -0.4 is 5.32 Å². The highest BCUT2D eigenvalue weighted by Gasteiger charge is 2.28. The maximum atomic E-state index is 13.4. The van der Waals surface area contributed by atoms with Crippen LogP contribution in [0.3, 0.4) is 0 Å². The van der Waals surface area contributed by atoms with Crippen molar-refractivity contribution in [3.05, 3.63) is 84.7 Å². The molecular weight excluding hydrogens is 414 g/mol. The van der Waals surface area contributed by atoms with Gasteiger partial charge in [0.1, 0.15) is 0 Å². The van der Waals surface area contributed by atoms with Gasteiger partial charge in [-0.1, -0.05) is 30.3 Å². The van der Waals surface area contributed by atoms with Gasteiger partial charge in [-0.2, -0.15) is 0 Å². The number of anilines is 1. The molecule has 0 bridgehead atoms. The molecule has 33 heavy (non-hydrogen) atoms. The van der Waals surface area contributed by atoms with Gasteiger partial charge in [-0.15, -0.1) is 5.10 Å². The second-order valence-electron chi connectivity index (χ2n) is 8.02. The van der Waals surface area contributed by atoms with E-state index in [4.69, 9.17) is 4.98 Å². The van der Waals surface area contributed by atoms with E-state index in [0.717, 1.165) is 40.6 Å². The Morgan fingerprint density at radius 1 is 0.939 bits per heavy atom. The van der Waals surface area contributed by atoms with E-state index >= 15 is 0 Å². The Labute approximate surface area is 189 Å². The summed E-state index contributed by atoms with van der Waals surface area (Å²) in [4.78, 5) is 22.2. The SMILES string of the molecule is O=C(Nc1cccc(-c2nnnn2C2CC2)c1)c1cc(-c2ccncc2)nc2ccccc12. The first-order chi connectivity index (χ1) is 16.3. The maximum absolute atomic E-state index is 13.4. The van der Waals surface area contributed by atoms with Gasteiger partial charge in [0.05, 0.1) is 22.8 Å². The number of fused-ring (bicyclic) bond motifs is 1. The van der Waals surface area contributed by atoms with Crippen LogP contribution in [-0.4, -0.2) is 36.1 Å². The van der Waals surface area contributed by atoms with Crippen molar-refractivity contribution >= 4 is 22.5 Å². The molecule has 8 nitrogen and oxygen atoms in total. The van der Waals surface area contributed by atoms with E-state index < -0.39 is 0 Å². The molecule has 0 atom stereocenters. The van der Waals surface area contributed by atoms with Crippen molar-refractivity contribution < 1.29 is 4.79 Å². The molecule has 0 spiro atoms. The highest BCUT2D eigenvalue weighted by atomic mass is 16.1. The van der Waals surface area contributed by atoms with Crippen LogP contribution >= 0.6 is 0 Å². The van der Waals surface area contributed by atoms with Gasteiger partial charge < -0.3 is 5.32 Å². The second-order valence-corrected chi connectivity index (χ2v) is 8.02. The number of nitrogens with one attached hydrogen (secondary N) is 1. The molecule has 1 aliphatic carbocycles. The van der Waals surface area contributed by atoms with E-state index in [2.05, 4.69) is 25.8 Å². The van der Waals surface area contributed by atoms with E-state index in [-0.39, 0.29) is 5.91 Å². The zero-order valence-electron chi connectivity index (χ0n) is 17.6. The van der Waals surface area contributed by atoms with Gasteiger partial charge in [0, 0.05) is 34.6 Å². The van der Waals surface area contributed by atoms with Crippen molar-refractivity contribution in [2.45, 2.75) is 18.9 Å². The van der Waals surface area contributed by atoms with Gasteiger partial charge in [-0.25, -0.2) is 9.67 Å². The number of rotatable bonds is 5. The predicted molar refractivity (Wildman–Crippen MR) is 124 cm³/mol. The number of aromatic nitrogens is 6. The Balaban J connectivity index is 1.36. The molecule has 1 amide bonds. The molecule has 6 rings (SSSR count). The molecule has 1 N–H and O–H groups in total. The molecule has 160 valence electrons. The minimum atomic E-state index is -0.206. The number of nitrogens with zero attached hydrogens (tertiary/aromatic N) is 6. The van der Waals surface area contributed by atoms with Crippen molar-refractivity contribution in [2.75, 3.05) is 5.32 Å². The van der Waals surface area contributed by atoms with Crippen LogP contribution in [0.4, 0.5) is 5.69 Å². The number of carbonyl (C=O) groups is 1. The number of carbonyl (C=O) groups excluding carboxylic acids is 1. The van der Waals surface area contributed by atoms with E-state index in [9.17, 15) is 4.79 Å². The monoisotopic (exact) mass is 433 g/mol. The summed E-state index contributed by atoms with van der Waals surface area (Å²) < 4.78 is 1.86. The molecule has 2 aromatic carbocycles. The Morgan fingerprint density at radius 2 is 1.79 bits per heavy atom. The van der Waals surface area contributed by atoms with Crippen LogP contribution in [0.25, 0.3) is 33.5 Å². The normalized spacial score (nSPS) is 13.2. The number of pyridine rings is 2. The number of hydrogen-bond acceptors (Lipinski definition) is 6. The van der Waals surface area contributed by atoms with Gasteiger partial charge in [-0.3, -0.25) is 9.78 Å². The summed E-state index contributed by atoms with van der Waals surface area (Å²) in [7, 11) is 0. The summed E-state index contributed by atoms with van der Waals surface area (Å²) in [6.07, 6.45) is 5.60. The van der Waals surface area contributed by atoms with Crippen LogP contribution in [0.5, 0.6) is 0 Å².